The molecule has 0 aliphatic rings. The molecule has 0 amide bonds. The van der Waals surface area contributed by atoms with Crippen molar-refractivity contribution in [3.8, 4) is 11.3 Å². The third kappa shape index (κ3) is 1.98. The Morgan fingerprint density at radius 2 is 1.77 bits per heavy atom. The Morgan fingerprint density at radius 3 is 2.55 bits per heavy atom. The van der Waals surface area contributed by atoms with E-state index in [1.165, 1.54) is 0 Å². The molecular formula is C18H11IO3. The minimum absolute atomic E-state index is 0.0460. The first-order valence-electron chi connectivity index (χ1n) is 6.86. The summed E-state index contributed by atoms with van der Waals surface area (Å²) >= 11 is 2.15. The fraction of sp³-hybridized carbons (Fsp3) is 0.0556. The number of aryl methyl sites for hydroxylation is 1. The Morgan fingerprint density at radius 1 is 1.00 bits per heavy atom. The van der Waals surface area contributed by atoms with Crippen LogP contribution < -0.4 is 5.43 Å². The number of hydrogen-bond donors (Lipinski definition) is 0. The van der Waals surface area contributed by atoms with E-state index in [9.17, 15) is 4.79 Å². The van der Waals surface area contributed by atoms with Gasteiger partial charge in [-0.15, -0.1) is 0 Å². The third-order valence-corrected chi connectivity index (χ3v) is 4.69. The van der Waals surface area contributed by atoms with Gasteiger partial charge in [-0.2, -0.15) is 0 Å². The standard InChI is InChI=1S/C18H11IO3/c1-10-7-8-13-12(9-10)16(20)14-15(19)17(22-18(14)21-13)11-5-3-2-4-6-11/h2-9H,1H3. The molecule has 0 aliphatic heterocycles. The lowest BCUT2D eigenvalue weighted by Gasteiger charge is -1.97. The van der Waals surface area contributed by atoms with Crippen LogP contribution in [0.5, 0.6) is 0 Å². The summed E-state index contributed by atoms with van der Waals surface area (Å²) in [6.45, 7) is 1.96. The van der Waals surface area contributed by atoms with Gasteiger partial charge in [-0.25, -0.2) is 0 Å². The van der Waals surface area contributed by atoms with Crippen molar-refractivity contribution in [1.82, 2.24) is 0 Å². The van der Waals surface area contributed by atoms with Gasteiger partial charge in [-0.3, -0.25) is 4.79 Å². The molecule has 22 heavy (non-hydrogen) atoms. The van der Waals surface area contributed by atoms with Crippen LogP contribution >= 0.6 is 22.6 Å². The van der Waals surface area contributed by atoms with Gasteiger partial charge in [0.15, 0.2) is 5.76 Å². The topological polar surface area (TPSA) is 43.4 Å². The van der Waals surface area contributed by atoms with Crippen LogP contribution in [-0.2, 0) is 0 Å². The molecule has 4 aromatic rings. The van der Waals surface area contributed by atoms with E-state index in [2.05, 4.69) is 22.6 Å². The van der Waals surface area contributed by atoms with Crippen molar-refractivity contribution in [3.05, 3.63) is 67.9 Å². The maximum absolute atomic E-state index is 12.8. The number of benzene rings is 2. The smallest absolute Gasteiger partial charge is 0.303 e. The van der Waals surface area contributed by atoms with Gasteiger partial charge in [0.25, 0.3) is 0 Å². The Hall–Kier alpha value is -2.08. The van der Waals surface area contributed by atoms with E-state index in [1.807, 2.05) is 55.5 Å². The Labute approximate surface area is 139 Å². The van der Waals surface area contributed by atoms with Crippen molar-refractivity contribution in [2.75, 3.05) is 0 Å². The molecule has 2 aromatic carbocycles. The molecule has 0 saturated carbocycles. The molecule has 3 nitrogen and oxygen atoms in total. The van der Waals surface area contributed by atoms with Crippen molar-refractivity contribution in [2.45, 2.75) is 6.92 Å². The van der Waals surface area contributed by atoms with Crippen molar-refractivity contribution in [1.29, 1.82) is 0 Å². The highest BCUT2D eigenvalue weighted by molar-refractivity contribution is 14.1. The molecule has 0 unspecified atom stereocenters. The van der Waals surface area contributed by atoms with Gasteiger partial charge in [0.05, 0.1) is 8.96 Å². The fourth-order valence-corrected chi connectivity index (χ4v) is 3.46. The molecule has 4 rings (SSSR count). The largest absolute Gasteiger partial charge is 0.425 e. The summed E-state index contributed by atoms with van der Waals surface area (Å²) in [4.78, 5) is 12.8. The van der Waals surface area contributed by atoms with Crippen LogP contribution in [0.1, 0.15) is 5.56 Å². The highest BCUT2D eigenvalue weighted by atomic mass is 127. The Balaban J connectivity index is 2.13. The summed E-state index contributed by atoms with van der Waals surface area (Å²) in [5.41, 5.74) is 2.46. The fourth-order valence-electron chi connectivity index (χ4n) is 2.58. The summed E-state index contributed by atoms with van der Waals surface area (Å²) in [5, 5.41) is 1.10. The zero-order valence-corrected chi connectivity index (χ0v) is 13.9. The third-order valence-electron chi connectivity index (χ3n) is 3.66. The van der Waals surface area contributed by atoms with Crippen molar-refractivity contribution in [2.24, 2.45) is 0 Å². The summed E-state index contributed by atoms with van der Waals surface area (Å²) in [6.07, 6.45) is 0. The monoisotopic (exact) mass is 402 g/mol. The molecule has 2 heterocycles. The van der Waals surface area contributed by atoms with E-state index in [-0.39, 0.29) is 11.2 Å². The van der Waals surface area contributed by atoms with Gasteiger partial charge in [-0.1, -0.05) is 42.0 Å². The van der Waals surface area contributed by atoms with Crippen LogP contribution in [-0.4, -0.2) is 0 Å². The van der Waals surface area contributed by atoms with E-state index < -0.39 is 0 Å². The summed E-state index contributed by atoms with van der Waals surface area (Å²) in [5.74, 6) is 0.952. The van der Waals surface area contributed by atoms with Gasteiger partial charge in [0.1, 0.15) is 11.0 Å². The maximum atomic E-state index is 12.8. The molecule has 2 aromatic heterocycles. The van der Waals surface area contributed by atoms with Gasteiger partial charge in [0, 0.05) is 5.56 Å². The molecule has 108 valence electrons. The molecule has 0 atom stereocenters. The lowest BCUT2D eigenvalue weighted by atomic mass is 10.1. The van der Waals surface area contributed by atoms with Gasteiger partial charge in [0.2, 0.25) is 5.43 Å². The minimum atomic E-state index is -0.0460. The van der Waals surface area contributed by atoms with Crippen LogP contribution in [0.3, 0.4) is 0 Å². The van der Waals surface area contributed by atoms with Gasteiger partial charge in [-0.05, 0) is 41.6 Å². The lowest BCUT2D eigenvalue weighted by Crippen LogP contribution is -2.02. The van der Waals surface area contributed by atoms with Crippen LogP contribution in [0.25, 0.3) is 33.5 Å². The molecule has 0 N–H and O–H groups in total. The minimum Gasteiger partial charge on any atom is -0.425 e. The molecule has 0 saturated heterocycles. The molecule has 0 spiro atoms. The molecule has 0 fully saturated rings. The van der Waals surface area contributed by atoms with Gasteiger partial charge < -0.3 is 8.83 Å². The van der Waals surface area contributed by atoms with Crippen LogP contribution in [0, 0.1) is 10.5 Å². The van der Waals surface area contributed by atoms with Gasteiger partial charge >= 0.3 is 5.78 Å². The Bertz CT molecular complexity index is 1060. The second kappa shape index (κ2) is 4.98. The highest BCUT2D eigenvalue weighted by Crippen LogP contribution is 2.34. The average molecular weight is 402 g/mol. The SMILES string of the molecule is Cc1ccc2oc3oc(-c4ccccc4)c(I)c3c(=O)c2c1. The van der Waals surface area contributed by atoms with E-state index in [0.29, 0.717) is 22.1 Å². The number of fused-ring (bicyclic) bond motifs is 2. The predicted molar refractivity (Wildman–Crippen MR) is 95.1 cm³/mol. The maximum Gasteiger partial charge on any atom is 0.303 e. The summed E-state index contributed by atoms with van der Waals surface area (Å²) in [6, 6.07) is 15.3. The first-order chi connectivity index (χ1) is 10.6. The number of furan rings is 1. The summed E-state index contributed by atoms with van der Waals surface area (Å²) in [7, 11) is 0. The molecule has 0 aliphatic carbocycles. The second-order valence-electron chi connectivity index (χ2n) is 5.20. The predicted octanol–water partition coefficient (Wildman–Crippen LogP) is 5.12. The quantitative estimate of drug-likeness (QED) is 0.415. The number of halogens is 1. The molecular weight excluding hydrogens is 391 g/mol. The first kappa shape index (κ1) is 13.6. The molecule has 0 bridgehead atoms. The van der Waals surface area contributed by atoms with E-state index in [0.717, 1.165) is 14.7 Å². The van der Waals surface area contributed by atoms with Crippen LogP contribution in [0.2, 0.25) is 0 Å². The first-order valence-corrected chi connectivity index (χ1v) is 7.94. The van der Waals surface area contributed by atoms with Crippen molar-refractivity contribution < 1.29 is 8.83 Å². The molecule has 4 heteroatoms. The van der Waals surface area contributed by atoms with Crippen molar-refractivity contribution >= 4 is 44.7 Å². The average Bonchev–Trinajstić information content (AvgIpc) is 2.86. The summed E-state index contributed by atoms with van der Waals surface area (Å²) < 4.78 is 12.4. The van der Waals surface area contributed by atoms with E-state index in [1.54, 1.807) is 0 Å². The number of hydrogen-bond acceptors (Lipinski definition) is 3. The normalized spacial score (nSPS) is 11.4. The number of rotatable bonds is 1. The highest BCUT2D eigenvalue weighted by Gasteiger charge is 2.20. The zero-order chi connectivity index (χ0) is 15.3. The molecule has 0 radical (unpaired) electrons. The van der Waals surface area contributed by atoms with E-state index in [4.69, 9.17) is 8.83 Å². The lowest BCUT2D eigenvalue weighted by molar-refractivity contribution is 0.502. The van der Waals surface area contributed by atoms with Crippen molar-refractivity contribution in [3.63, 3.8) is 0 Å². The van der Waals surface area contributed by atoms with Crippen LogP contribution in [0.15, 0.2) is 62.2 Å². The van der Waals surface area contributed by atoms with Crippen LogP contribution in [0.4, 0.5) is 0 Å². The zero-order valence-electron chi connectivity index (χ0n) is 11.7. The second-order valence-corrected chi connectivity index (χ2v) is 6.28. The Kier molecular flexibility index (Phi) is 3.07. The van der Waals surface area contributed by atoms with E-state index >= 15 is 0 Å².